The Morgan fingerprint density at radius 3 is 1.63 bits per heavy atom. The third-order valence-electron chi connectivity index (χ3n) is 8.95. The predicted octanol–water partition coefficient (Wildman–Crippen LogP) is 11.9. The fourth-order valence-electron chi connectivity index (χ4n) is 7.11. The average Bonchev–Trinajstić information content (AvgIpc) is 3.76. The molecule has 43 heavy (non-hydrogen) atoms. The summed E-state index contributed by atoms with van der Waals surface area (Å²) in [5.41, 5.74) is 9.01. The Morgan fingerprint density at radius 1 is 0.372 bits per heavy atom. The Labute approximate surface area is 245 Å². The second-order valence-corrected chi connectivity index (χ2v) is 11.2. The van der Waals surface area contributed by atoms with E-state index in [1.807, 2.05) is 36.6 Å². The Kier molecular flexibility index (Phi) is 4.45. The lowest BCUT2D eigenvalue weighted by Crippen LogP contribution is -1.90. The Morgan fingerprint density at radius 2 is 0.907 bits per heavy atom. The summed E-state index contributed by atoms with van der Waals surface area (Å²) in [5, 5.41) is 10.2. The highest BCUT2D eigenvalue weighted by atomic mass is 16.3. The van der Waals surface area contributed by atoms with Crippen molar-refractivity contribution in [2.75, 3.05) is 0 Å². The lowest BCUT2D eigenvalue weighted by Gasteiger charge is -2.17. The number of rotatable bonds is 2. The molecule has 3 nitrogen and oxygen atoms in total. The first-order valence-electron chi connectivity index (χ1n) is 14.5. The molecule has 0 spiro atoms. The molecule has 0 amide bonds. The highest BCUT2D eigenvalue weighted by Crippen LogP contribution is 2.47. The number of hydrogen-bond donors (Lipinski definition) is 0. The largest absolute Gasteiger partial charge is 0.463 e. The summed E-state index contributed by atoms with van der Waals surface area (Å²) in [6, 6.07) is 44.6. The molecule has 0 unspecified atom stereocenters. The van der Waals surface area contributed by atoms with Gasteiger partial charge in [-0.15, -0.1) is 0 Å². The molecule has 3 aromatic heterocycles. The molecule has 10 aromatic rings. The second-order valence-electron chi connectivity index (χ2n) is 11.2. The van der Waals surface area contributed by atoms with E-state index in [1.165, 1.54) is 38.2 Å². The van der Waals surface area contributed by atoms with Crippen LogP contribution in [0.15, 0.2) is 147 Å². The van der Waals surface area contributed by atoms with Crippen LogP contribution in [-0.2, 0) is 0 Å². The zero-order chi connectivity index (χ0) is 28.1. The van der Waals surface area contributed by atoms with Crippen LogP contribution >= 0.6 is 0 Å². The van der Waals surface area contributed by atoms with E-state index in [0.717, 1.165) is 60.4 Å². The molecule has 7 aromatic carbocycles. The first kappa shape index (κ1) is 22.8. The highest BCUT2D eigenvalue weighted by Gasteiger charge is 2.22. The molecular weight excluding hydrogens is 528 g/mol. The van der Waals surface area contributed by atoms with Gasteiger partial charge in [-0.05, 0) is 69.1 Å². The van der Waals surface area contributed by atoms with E-state index >= 15 is 0 Å². The van der Waals surface area contributed by atoms with Gasteiger partial charge in [-0.25, -0.2) is 0 Å². The van der Waals surface area contributed by atoms with Crippen molar-refractivity contribution < 1.29 is 13.3 Å². The van der Waals surface area contributed by atoms with Gasteiger partial charge in [-0.1, -0.05) is 91.0 Å². The third kappa shape index (κ3) is 3.08. The van der Waals surface area contributed by atoms with Gasteiger partial charge in [0.15, 0.2) is 0 Å². The first-order chi connectivity index (χ1) is 21.3. The quantitative estimate of drug-likeness (QED) is 0.201. The molecule has 0 aliphatic rings. The SMILES string of the molecule is c1ccc2c(c1)oc1ccc(-c3c4ccccc4c(-c4coc5c4ccc4oc6ccccc6c45)c4ccccc34)cc12. The van der Waals surface area contributed by atoms with E-state index in [0.29, 0.717) is 0 Å². The van der Waals surface area contributed by atoms with Crippen LogP contribution in [0.3, 0.4) is 0 Å². The molecular formula is C40H22O3. The van der Waals surface area contributed by atoms with Crippen LogP contribution in [-0.4, -0.2) is 0 Å². The molecule has 0 bridgehead atoms. The summed E-state index contributed by atoms with van der Waals surface area (Å²) < 4.78 is 18.7. The second kappa shape index (κ2) is 8.37. The molecule has 0 atom stereocenters. The van der Waals surface area contributed by atoms with Crippen LogP contribution in [0.2, 0.25) is 0 Å². The fraction of sp³-hybridized carbons (Fsp3) is 0. The zero-order valence-electron chi connectivity index (χ0n) is 22.9. The van der Waals surface area contributed by atoms with E-state index in [4.69, 9.17) is 13.3 Å². The molecule has 0 fully saturated rings. The van der Waals surface area contributed by atoms with Gasteiger partial charge in [0.25, 0.3) is 0 Å². The van der Waals surface area contributed by atoms with Gasteiger partial charge in [0.05, 0.1) is 11.6 Å². The smallest absolute Gasteiger partial charge is 0.146 e. The van der Waals surface area contributed by atoms with E-state index in [1.54, 1.807) is 0 Å². The van der Waals surface area contributed by atoms with Crippen LogP contribution in [0.1, 0.15) is 0 Å². The molecule has 3 heteroatoms. The van der Waals surface area contributed by atoms with Crippen LogP contribution in [0.4, 0.5) is 0 Å². The van der Waals surface area contributed by atoms with Crippen molar-refractivity contribution in [1.82, 2.24) is 0 Å². The number of para-hydroxylation sites is 2. The Bertz CT molecular complexity index is 2680. The zero-order valence-corrected chi connectivity index (χ0v) is 22.9. The van der Waals surface area contributed by atoms with E-state index < -0.39 is 0 Å². The lowest BCUT2D eigenvalue weighted by atomic mass is 9.85. The van der Waals surface area contributed by atoms with Gasteiger partial charge in [-0.2, -0.15) is 0 Å². The van der Waals surface area contributed by atoms with Crippen molar-refractivity contribution in [1.29, 1.82) is 0 Å². The maximum Gasteiger partial charge on any atom is 0.146 e. The van der Waals surface area contributed by atoms with Gasteiger partial charge in [-0.3, -0.25) is 0 Å². The lowest BCUT2D eigenvalue weighted by molar-refractivity contribution is 0.619. The van der Waals surface area contributed by atoms with Crippen molar-refractivity contribution in [2.24, 2.45) is 0 Å². The summed E-state index contributed by atoms with van der Waals surface area (Å²) in [6.07, 6.45) is 1.92. The summed E-state index contributed by atoms with van der Waals surface area (Å²) in [5.74, 6) is 0. The third-order valence-corrected chi connectivity index (χ3v) is 8.95. The molecule has 0 N–H and O–H groups in total. The average molecular weight is 551 g/mol. The summed E-state index contributed by atoms with van der Waals surface area (Å²) in [4.78, 5) is 0. The predicted molar refractivity (Wildman–Crippen MR) is 177 cm³/mol. The Hall–Kier alpha value is -5.80. The van der Waals surface area contributed by atoms with Gasteiger partial charge in [0.2, 0.25) is 0 Å². The molecule has 0 radical (unpaired) electrons. The van der Waals surface area contributed by atoms with Gasteiger partial charge in [0.1, 0.15) is 27.9 Å². The molecule has 0 aliphatic carbocycles. The van der Waals surface area contributed by atoms with E-state index in [9.17, 15) is 0 Å². The van der Waals surface area contributed by atoms with Crippen molar-refractivity contribution in [3.05, 3.63) is 134 Å². The van der Waals surface area contributed by atoms with Crippen molar-refractivity contribution in [3.8, 4) is 22.3 Å². The monoisotopic (exact) mass is 550 g/mol. The minimum Gasteiger partial charge on any atom is -0.463 e. The molecule has 0 saturated carbocycles. The maximum absolute atomic E-state index is 6.41. The van der Waals surface area contributed by atoms with Crippen LogP contribution in [0, 0.1) is 0 Å². The number of hydrogen-bond acceptors (Lipinski definition) is 3. The molecule has 0 saturated heterocycles. The molecule has 10 rings (SSSR count). The number of benzene rings is 7. The minimum absolute atomic E-state index is 0.835. The van der Waals surface area contributed by atoms with Crippen molar-refractivity contribution in [2.45, 2.75) is 0 Å². The molecule has 0 aliphatic heterocycles. The van der Waals surface area contributed by atoms with Crippen molar-refractivity contribution in [3.63, 3.8) is 0 Å². The van der Waals surface area contributed by atoms with Gasteiger partial charge in [0, 0.05) is 32.7 Å². The van der Waals surface area contributed by atoms with Crippen LogP contribution in [0.5, 0.6) is 0 Å². The number of fused-ring (bicyclic) bond motifs is 10. The van der Waals surface area contributed by atoms with E-state index in [2.05, 4.69) is 97.1 Å². The topological polar surface area (TPSA) is 39.4 Å². The normalized spacial score (nSPS) is 12.2. The maximum atomic E-state index is 6.41. The van der Waals surface area contributed by atoms with Crippen molar-refractivity contribution >= 4 is 76.4 Å². The van der Waals surface area contributed by atoms with Gasteiger partial charge >= 0.3 is 0 Å². The molecule has 3 heterocycles. The van der Waals surface area contributed by atoms with E-state index in [-0.39, 0.29) is 0 Å². The standard InChI is InChI=1S/C40H22O3/c1-3-12-27-25(10-1)37(23-17-19-35-31(21-23)24-9-5-7-15-33(24)42-35)26-11-2-4-13-28(26)38(27)32-22-41-40-29(32)18-20-36-39(40)30-14-6-8-16-34(30)43-36/h1-22H. The number of furan rings is 3. The Balaban J connectivity index is 1.31. The van der Waals surface area contributed by atoms with Gasteiger partial charge < -0.3 is 13.3 Å². The summed E-state index contributed by atoms with van der Waals surface area (Å²) in [6.45, 7) is 0. The minimum atomic E-state index is 0.835. The summed E-state index contributed by atoms with van der Waals surface area (Å²) in [7, 11) is 0. The highest BCUT2D eigenvalue weighted by molar-refractivity contribution is 6.26. The van der Waals surface area contributed by atoms with Crippen LogP contribution < -0.4 is 0 Å². The molecule has 200 valence electrons. The summed E-state index contributed by atoms with van der Waals surface area (Å²) >= 11 is 0. The first-order valence-corrected chi connectivity index (χ1v) is 14.5. The van der Waals surface area contributed by atoms with Crippen LogP contribution in [0.25, 0.3) is 98.6 Å². The fourth-order valence-corrected chi connectivity index (χ4v) is 7.11.